The first kappa shape index (κ1) is 15.7. The minimum absolute atomic E-state index is 1.75. The lowest BCUT2D eigenvalue weighted by molar-refractivity contribution is 1.23. The predicted octanol–water partition coefficient (Wildman–Crippen LogP) is -1.12. The Morgan fingerprint density at radius 3 is 0.667 bits per heavy atom. The summed E-state index contributed by atoms with van der Waals surface area (Å²) in [5, 5.41) is 5.25. The van der Waals surface area contributed by atoms with Gasteiger partial charge in [-0.25, -0.2) is 0 Å². The molecule has 0 aromatic heterocycles. The van der Waals surface area contributed by atoms with Crippen LogP contribution in [0.15, 0.2) is 15.9 Å². The minimum atomic E-state index is 1.75. The molecule has 0 aliphatic rings. The molecular weight excluding hydrogens is 132 g/mol. The van der Waals surface area contributed by atoms with E-state index >= 15 is 0 Å². The van der Waals surface area contributed by atoms with Gasteiger partial charge in [0.15, 0.2) is 0 Å². The van der Waals surface area contributed by atoms with Gasteiger partial charge in [-0.3, -0.25) is 17.5 Å². The van der Waals surface area contributed by atoms with E-state index in [1.807, 2.05) is 0 Å². The zero-order valence-electron chi connectivity index (χ0n) is 4.30. The van der Waals surface area contributed by atoms with Crippen LogP contribution in [-0.4, -0.2) is 0 Å². The third-order valence-electron chi connectivity index (χ3n) is 0. The molecule has 6 N–H and O–H groups in total. The van der Waals surface area contributed by atoms with Gasteiger partial charge in [-0.1, -0.05) is 0 Å². The summed E-state index contributed by atoms with van der Waals surface area (Å²) in [5.41, 5.74) is 0. The molecule has 9 nitrogen and oxygen atoms in total. The molecule has 0 fully saturated rings. The van der Waals surface area contributed by atoms with Crippen molar-refractivity contribution < 1.29 is 0 Å². The second kappa shape index (κ2) is 116. The number of nitroso groups, excluding NO2 is 3. The van der Waals surface area contributed by atoms with Gasteiger partial charge in [-0.2, -0.15) is 0 Å². The Morgan fingerprint density at radius 2 is 0.667 bits per heavy atom. The standard InChI is InChI=1S/3H2N2O/c3*1-2-3/h3*(H2,1,3). The molecule has 0 bridgehead atoms. The highest BCUT2D eigenvalue weighted by atomic mass is 16.3. The van der Waals surface area contributed by atoms with E-state index in [1.54, 1.807) is 15.9 Å². The van der Waals surface area contributed by atoms with E-state index in [1.165, 1.54) is 0 Å². The lowest BCUT2D eigenvalue weighted by Crippen LogP contribution is -1.66. The maximum Gasteiger partial charge on any atom is 0.0468 e. The summed E-state index contributed by atoms with van der Waals surface area (Å²) in [6.07, 6.45) is 0. The number of nitrogens with two attached hydrogens (primary N) is 3. The Balaban J connectivity index is -0.0000000600. The molecule has 0 aromatic carbocycles. The molecule has 54 valence electrons. The van der Waals surface area contributed by atoms with Gasteiger partial charge in [-0.05, 0) is 0 Å². The number of rotatable bonds is 0. The van der Waals surface area contributed by atoms with Crippen LogP contribution < -0.4 is 17.5 Å². The lowest BCUT2D eigenvalue weighted by atomic mass is 12.9. The van der Waals surface area contributed by atoms with Crippen LogP contribution in [0.3, 0.4) is 0 Å². The zero-order chi connectivity index (χ0) is 8.12. The van der Waals surface area contributed by atoms with Crippen molar-refractivity contribution in [1.82, 2.24) is 0 Å². The van der Waals surface area contributed by atoms with Crippen LogP contribution in [0.4, 0.5) is 0 Å². The third-order valence-corrected chi connectivity index (χ3v) is 0. The maximum absolute atomic E-state index is 8.33. The summed E-state index contributed by atoms with van der Waals surface area (Å²) in [4.78, 5) is 25.0. The monoisotopic (exact) mass is 138 g/mol. The van der Waals surface area contributed by atoms with Crippen LogP contribution in [0.1, 0.15) is 0 Å². The van der Waals surface area contributed by atoms with Crippen molar-refractivity contribution in [3.63, 3.8) is 0 Å². The van der Waals surface area contributed by atoms with Crippen LogP contribution in [-0.2, 0) is 0 Å². The van der Waals surface area contributed by atoms with Crippen molar-refractivity contribution in [3.8, 4) is 0 Å². The molecule has 9 heteroatoms. The molecular formula is H6N6O3. The molecule has 0 aliphatic heterocycles. The fraction of sp³-hybridized carbons (Fsp3) is 0. The van der Waals surface area contributed by atoms with Crippen LogP contribution in [0.5, 0.6) is 0 Å². The normalized spacial score (nSPS) is 4.00. The van der Waals surface area contributed by atoms with Crippen molar-refractivity contribution in [2.24, 2.45) is 33.4 Å². The Hall–Kier alpha value is -1.80. The van der Waals surface area contributed by atoms with Crippen molar-refractivity contribution >= 4 is 0 Å². The quantitative estimate of drug-likeness (QED) is 0.217. The largest absolute Gasteiger partial charge is 0.287 e. The topological polar surface area (TPSA) is 166 Å². The van der Waals surface area contributed by atoms with Crippen molar-refractivity contribution in [2.75, 3.05) is 0 Å². The molecule has 0 aliphatic carbocycles. The summed E-state index contributed by atoms with van der Waals surface area (Å²) < 4.78 is 0. The van der Waals surface area contributed by atoms with Gasteiger partial charge < -0.3 is 0 Å². The van der Waals surface area contributed by atoms with E-state index in [-0.39, 0.29) is 0 Å². The molecule has 0 atom stereocenters. The fourth-order valence-corrected chi connectivity index (χ4v) is 0. The van der Waals surface area contributed by atoms with E-state index in [0.717, 1.165) is 0 Å². The van der Waals surface area contributed by atoms with E-state index in [2.05, 4.69) is 17.5 Å². The summed E-state index contributed by atoms with van der Waals surface area (Å²) in [5.74, 6) is 11.8. The number of hydrogen-bond donors (Lipinski definition) is 3. The molecule has 0 spiro atoms. The Bertz CT molecular complexity index is 45.1. The summed E-state index contributed by atoms with van der Waals surface area (Å²) >= 11 is 0. The minimum Gasteiger partial charge on any atom is -0.287 e. The lowest BCUT2D eigenvalue weighted by Gasteiger charge is -1.33. The molecule has 0 saturated heterocycles. The number of hydrogen-bond acceptors (Lipinski definition) is 6. The van der Waals surface area contributed by atoms with Crippen LogP contribution >= 0.6 is 0 Å². The van der Waals surface area contributed by atoms with Crippen LogP contribution in [0, 0.1) is 14.7 Å². The SMILES string of the molecule is NN=O.NN=O.NN=O. The summed E-state index contributed by atoms with van der Waals surface area (Å²) in [6.45, 7) is 0. The van der Waals surface area contributed by atoms with Crippen LogP contribution in [0.25, 0.3) is 0 Å². The average molecular weight is 138 g/mol. The highest BCUT2D eigenvalue weighted by Crippen LogP contribution is 1.12. The molecule has 0 saturated carbocycles. The second-order valence-corrected chi connectivity index (χ2v) is 0.316. The van der Waals surface area contributed by atoms with Gasteiger partial charge >= 0.3 is 0 Å². The smallest absolute Gasteiger partial charge is 0.0468 e. The summed E-state index contributed by atoms with van der Waals surface area (Å²) in [6, 6.07) is 0. The molecule has 0 amide bonds. The van der Waals surface area contributed by atoms with E-state index in [4.69, 9.17) is 14.7 Å². The molecule has 0 aromatic rings. The molecule has 0 radical (unpaired) electrons. The predicted molar refractivity (Wildman–Crippen MR) is 29.9 cm³/mol. The molecule has 0 rings (SSSR count). The van der Waals surface area contributed by atoms with Gasteiger partial charge in [0, 0.05) is 15.9 Å². The van der Waals surface area contributed by atoms with Crippen molar-refractivity contribution in [2.45, 2.75) is 0 Å². The first-order valence-corrected chi connectivity index (χ1v) is 1.32. The Morgan fingerprint density at radius 1 is 0.667 bits per heavy atom. The van der Waals surface area contributed by atoms with Gasteiger partial charge in [0.25, 0.3) is 0 Å². The number of nitrogens with zero attached hydrogens (tertiary/aromatic N) is 3. The van der Waals surface area contributed by atoms with Gasteiger partial charge in [0.05, 0.1) is 0 Å². The van der Waals surface area contributed by atoms with E-state index < -0.39 is 0 Å². The second-order valence-electron chi connectivity index (χ2n) is 0.316. The first-order chi connectivity index (χ1) is 4.24. The van der Waals surface area contributed by atoms with Gasteiger partial charge in [0.1, 0.15) is 0 Å². The highest BCUT2D eigenvalue weighted by Gasteiger charge is 1.15. The van der Waals surface area contributed by atoms with E-state index in [0.29, 0.717) is 0 Å². The highest BCUT2D eigenvalue weighted by molar-refractivity contribution is 3.93. The Labute approximate surface area is 49.4 Å². The molecule has 0 heterocycles. The first-order valence-electron chi connectivity index (χ1n) is 1.32. The molecule has 9 heavy (non-hydrogen) atoms. The van der Waals surface area contributed by atoms with E-state index in [9.17, 15) is 0 Å². The summed E-state index contributed by atoms with van der Waals surface area (Å²) in [7, 11) is 0. The van der Waals surface area contributed by atoms with Gasteiger partial charge in [-0.15, -0.1) is 14.7 Å². The van der Waals surface area contributed by atoms with Crippen molar-refractivity contribution in [1.29, 1.82) is 0 Å². The van der Waals surface area contributed by atoms with Crippen molar-refractivity contribution in [3.05, 3.63) is 14.7 Å². The average Bonchev–Trinajstić information content (AvgIpc) is 1.70. The zero-order valence-corrected chi connectivity index (χ0v) is 4.30. The maximum atomic E-state index is 8.33. The Kier molecular flexibility index (Phi) is 203. The third kappa shape index (κ3) is 33.8. The molecule has 0 unspecified atom stereocenters. The van der Waals surface area contributed by atoms with Crippen LogP contribution in [0.2, 0.25) is 0 Å². The fourth-order valence-electron chi connectivity index (χ4n) is 0. The van der Waals surface area contributed by atoms with Gasteiger partial charge in [0.2, 0.25) is 0 Å².